The molecular weight excluding hydrogens is 345 g/mol. The summed E-state index contributed by atoms with van der Waals surface area (Å²) in [7, 11) is -3.14. The van der Waals surface area contributed by atoms with E-state index in [2.05, 4.69) is 0 Å². The number of nitrogens with zero attached hydrogens (tertiary/aromatic N) is 1. The van der Waals surface area contributed by atoms with Crippen LogP contribution in [0.2, 0.25) is 10.0 Å². The molecule has 0 aromatic heterocycles. The Morgan fingerprint density at radius 3 is 2.35 bits per heavy atom. The average molecular weight is 357 g/mol. The van der Waals surface area contributed by atoms with Crippen molar-refractivity contribution < 1.29 is 13.2 Å². The minimum Gasteiger partial charge on any atom is -0.304 e. The van der Waals surface area contributed by atoms with Crippen molar-refractivity contribution in [2.24, 2.45) is 0 Å². The molecular formula is C12H12Cl3NO3S. The summed E-state index contributed by atoms with van der Waals surface area (Å²) in [4.78, 5) is 13.4. The van der Waals surface area contributed by atoms with Gasteiger partial charge in [-0.1, -0.05) is 29.3 Å². The zero-order valence-electron chi connectivity index (χ0n) is 10.4. The number of rotatable bonds is 3. The predicted molar refractivity (Wildman–Crippen MR) is 81.7 cm³/mol. The molecule has 0 bridgehead atoms. The van der Waals surface area contributed by atoms with Crippen LogP contribution in [0.4, 0.5) is 5.69 Å². The van der Waals surface area contributed by atoms with Crippen LogP contribution in [0, 0.1) is 0 Å². The fourth-order valence-corrected chi connectivity index (χ4v) is 4.68. The number of carbonyl (C=O) groups is 1. The highest BCUT2D eigenvalue weighted by Gasteiger charge is 2.36. The van der Waals surface area contributed by atoms with Crippen LogP contribution in [0.5, 0.6) is 0 Å². The van der Waals surface area contributed by atoms with E-state index < -0.39 is 21.8 Å². The van der Waals surface area contributed by atoms with Crippen LogP contribution in [0.15, 0.2) is 18.2 Å². The van der Waals surface area contributed by atoms with E-state index in [-0.39, 0.29) is 17.4 Å². The van der Waals surface area contributed by atoms with E-state index in [1.54, 1.807) is 18.2 Å². The number of anilines is 1. The molecule has 0 spiro atoms. The molecule has 4 nitrogen and oxygen atoms in total. The quantitative estimate of drug-likeness (QED) is 0.783. The summed E-state index contributed by atoms with van der Waals surface area (Å²) in [5.74, 6) is -0.732. The molecule has 1 amide bonds. The maximum absolute atomic E-state index is 12.1. The Hall–Kier alpha value is -0.490. The predicted octanol–water partition coefficient (Wildman–Crippen LogP) is 2.75. The highest BCUT2D eigenvalue weighted by Crippen LogP contribution is 2.36. The smallest absolute Gasteiger partial charge is 0.242 e. The van der Waals surface area contributed by atoms with Crippen molar-refractivity contribution in [2.75, 3.05) is 22.3 Å². The lowest BCUT2D eigenvalue weighted by Gasteiger charge is -2.29. The number of sulfone groups is 1. The Morgan fingerprint density at radius 2 is 1.90 bits per heavy atom. The average Bonchev–Trinajstić information content (AvgIpc) is 2.73. The minimum atomic E-state index is -3.14. The molecule has 1 aliphatic rings. The Labute approximate surface area is 132 Å². The lowest BCUT2D eigenvalue weighted by Crippen LogP contribution is -2.42. The molecule has 0 N–H and O–H groups in total. The van der Waals surface area contributed by atoms with Gasteiger partial charge in [0.15, 0.2) is 9.84 Å². The minimum absolute atomic E-state index is 0.0474. The van der Waals surface area contributed by atoms with Crippen molar-refractivity contribution in [2.45, 2.75) is 12.5 Å². The topological polar surface area (TPSA) is 54.5 Å². The lowest BCUT2D eigenvalue weighted by molar-refractivity contribution is -0.116. The summed E-state index contributed by atoms with van der Waals surface area (Å²) in [6.07, 6.45) is 0.354. The second-order valence-electron chi connectivity index (χ2n) is 4.52. The number of carbonyl (C=O) groups excluding carboxylic acids is 1. The summed E-state index contributed by atoms with van der Waals surface area (Å²) in [5, 5.41) is 0.584. The molecule has 8 heteroatoms. The highest BCUT2D eigenvalue weighted by atomic mass is 35.5. The first-order chi connectivity index (χ1) is 9.35. The largest absolute Gasteiger partial charge is 0.304 e. The molecule has 1 atom stereocenters. The van der Waals surface area contributed by atoms with Gasteiger partial charge >= 0.3 is 0 Å². The number of halogens is 3. The standard InChI is InChI=1S/C12H12Cl3NO3S/c13-6-11(17)16(8-4-5-20(18,19)7-8)12-9(14)2-1-3-10(12)15/h1-3,8H,4-7H2/t8-/m0/s1. The van der Waals surface area contributed by atoms with Crippen LogP contribution >= 0.6 is 34.8 Å². The number of benzene rings is 1. The van der Waals surface area contributed by atoms with Crippen LogP contribution in [0.1, 0.15) is 6.42 Å². The van der Waals surface area contributed by atoms with Crippen LogP contribution in [0.25, 0.3) is 0 Å². The van der Waals surface area contributed by atoms with Crippen LogP contribution < -0.4 is 4.90 Å². The zero-order chi connectivity index (χ0) is 14.9. The number of para-hydroxylation sites is 1. The fraction of sp³-hybridized carbons (Fsp3) is 0.417. The molecule has 0 aliphatic carbocycles. The monoisotopic (exact) mass is 355 g/mol. The third kappa shape index (κ3) is 3.22. The van der Waals surface area contributed by atoms with Gasteiger partial charge in [0.25, 0.3) is 0 Å². The van der Waals surface area contributed by atoms with E-state index in [4.69, 9.17) is 34.8 Å². The first kappa shape index (κ1) is 15.9. The summed E-state index contributed by atoms with van der Waals surface area (Å²) in [6.45, 7) is 0. The maximum Gasteiger partial charge on any atom is 0.242 e. The van der Waals surface area contributed by atoms with Crippen molar-refractivity contribution >= 4 is 56.2 Å². The molecule has 1 fully saturated rings. The SMILES string of the molecule is O=C(CCl)N(c1c(Cl)cccc1Cl)[C@H]1CCS(=O)(=O)C1. The van der Waals surface area contributed by atoms with Crippen molar-refractivity contribution in [1.29, 1.82) is 0 Å². The molecule has 110 valence electrons. The summed E-state index contributed by atoms with van der Waals surface area (Å²) >= 11 is 17.8. The van der Waals surface area contributed by atoms with Gasteiger partial charge < -0.3 is 4.90 Å². The first-order valence-corrected chi connectivity index (χ1v) is 8.99. The molecule has 1 heterocycles. The van der Waals surface area contributed by atoms with E-state index in [0.717, 1.165) is 0 Å². The number of amides is 1. The molecule has 0 unspecified atom stereocenters. The van der Waals surface area contributed by atoms with Crippen molar-refractivity contribution in [3.8, 4) is 0 Å². The van der Waals surface area contributed by atoms with Crippen LogP contribution in [-0.4, -0.2) is 37.8 Å². The third-order valence-corrected chi connectivity index (χ3v) is 5.72. The summed E-state index contributed by atoms with van der Waals surface area (Å²) < 4.78 is 23.2. The van der Waals surface area contributed by atoms with Gasteiger partial charge in [-0.25, -0.2) is 8.42 Å². The van der Waals surface area contributed by atoms with E-state index in [9.17, 15) is 13.2 Å². The Balaban J connectivity index is 2.46. The van der Waals surface area contributed by atoms with Gasteiger partial charge in [-0.15, -0.1) is 11.6 Å². The molecule has 0 saturated carbocycles. The second kappa shape index (κ2) is 6.10. The van der Waals surface area contributed by atoms with Crippen LogP contribution in [0.3, 0.4) is 0 Å². The van der Waals surface area contributed by atoms with Crippen molar-refractivity contribution in [1.82, 2.24) is 0 Å². The molecule has 1 aliphatic heterocycles. The molecule has 2 rings (SSSR count). The van der Waals surface area contributed by atoms with Gasteiger partial charge in [0.2, 0.25) is 5.91 Å². The number of hydrogen-bond acceptors (Lipinski definition) is 3. The molecule has 1 aromatic rings. The van der Waals surface area contributed by atoms with Gasteiger partial charge in [0, 0.05) is 0 Å². The maximum atomic E-state index is 12.1. The Bertz CT molecular complexity index is 613. The van der Waals surface area contributed by atoms with Gasteiger partial charge in [-0.05, 0) is 18.6 Å². The van der Waals surface area contributed by atoms with E-state index in [1.165, 1.54) is 4.90 Å². The lowest BCUT2D eigenvalue weighted by atomic mass is 10.2. The van der Waals surface area contributed by atoms with Gasteiger partial charge in [0.05, 0.1) is 33.3 Å². The van der Waals surface area contributed by atoms with Gasteiger partial charge in [-0.3, -0.25) is 4.79 Å². The zero-order valence-corrected chi connectivity index (χ0v) is 13.4. The van der Waals surface area contributed by atoms with E-state index >= 15 is 0 Å². The molecule has 1 aromatic carbocycles. The van der Waals surface area contributed by atoms with Gasteiger partial charge in [0.1, 0.15) is 5.88 Å². The first-order valence-electron chi connectivity index (χ1n) is 5.88. The molecule has 0 radical (unpaired) electrons. The summed E-state index contributed by atoms with van der Waals surface area (Å²) in [6, 6.07) is 4.37. The van der Waals surface area contributed by atoms with Crippen molar-refractivity contribution in [3.05, 3.63) is 28.2 Å². The fourth-order valence-electron chi connectivity index (χ4n) is 2.27. The Kier molecular flexibility index (Phi) is 4.84. The second-order valence-corrected chi connectivity index (χ2v) is 7.83. The highest BCUT2D eigenvalue weighted by molar-refractivity contribution is 7.91. The molecule has 20 heavy (non-hydrogen) atoms. The number of hydrogen-bond donors (Lipinski definition) is 0. The van der Waals surface area contributed by atoms with E-state index in [1.807, 2.05) is 0 Å². The van der Waals surface area contributed by atoms with Gasteiger partial charge in [-0.2, -0.15) is 0 Å². The van der Waals surface area contributed by atoms with E-state index in [0.29, 0.717) is 22.2 Å². The third-order valence-electron chi connectivity index (χ3n) is 3.14. The van der Waals surface area contributed by atoms with Crippen LogP contribution in [-0.2, 0) is 14.6 Å². The number of alkyl halides is 1. The summed E-state index contributed by atoms with van der Waals surface area (Å²) in [5.41, 5.74) is 0.323. The Morgan fingerprint density at radius 1 is 1.30 bits per heavy atom. The molecule has 1 saturated heterocycles. The van der Waals surface area contributed by atoms with Crippen molar-refractivity contribution in [3.63, 3.8) is 0 Å². The normalized spacial score (nSPS) is 20.9.